The molecule has 0 saturated heterocycles. The third-order valence-corrected chi connectivity index (χ3v) is 22.0. The average Bonchev–Trinajstić information content (AvgIpc) is 2.57. The first kappa shape index (κ1) is 22.3. The Labute approximate surface area is 155 Å². The molecule has 0 N–H and O–H groups in total. The molecule has 1 aliphatic carbocycles. The van der Waals surface area contributed by atoms with Crippen molar-refractivity contribution in [3.63, 3.8) is 0 Å². The van der Waals surface area contributed by atoms with Crippen LogP contribution in [0.5, 0.6) is 0 Å². The summed E-state index contributed by atoms with van der Waals surface area (Å²) in [4.78, 5) is 12.8. The monoisotopic (exact) mass is 442 g/mol. The summed E-state index contributed by atoms with van der Waals surface area (Å²) in [5, 5.41) is 0. The summed E-state index contributed by atoms with van der Waals surface area (Å²) in [5.74, 6) is 0.982. The molecular formula is C22H42OSn. The van der Waals surface area contributed by atoms with E-state index in [1.54, 1.807) is 0 Å². The zero-order chi connectivity index (χ0) is 17.8. The third kappa shape index (κ3) is 8.06. The van der Waals surface area contributed by atoms with Crippen molar-refractivity contribution in [2.24, 2.45) is 5.92 Å². The number of hydrogen-bond acceptors (Lipinski definition) is 1. The summed E-state index contributed by atoms with van der Waals surface area (Å²) in [7, 11) is 0. The van der Waals surface area contributed by atoms with Gasteiger partial charge >= 0.3 is 156 Å². The fraction of sp³-hybridized carbons (Fsp3) is 0.864. The van der Waals surface area contributed by atoms with E-state index in [1.165, 1.54) is 61.8 Å². The quantitative estimate of drug-likeness (QED) is 0.239. The topological polar surface area (TPSA) is 17.1 Å². The molecule has 140 valence electrons. The molecule has 0 fully saturated rings. The molecule has 0 aliphatic heterocycles. The van der Waals surface area contributed by atoms with E-state index in [0.29, 0.717) is 11.7 Å². The van der Waals surface area contributed by atoms with Crippen LogP contribution in [0.4, 0.5) is 0 Å². The molecule has 1 aliphatic rings. The molecule has 0 amide bonds. The summed E-state index contributed by atoms with van der Waals surface area (Å²) >= 11 is -2.19. The summed E-state index contributed by atoms with van der Waals surface area (Å²) in [6, 6.07) is 0. The number of carbonyl (C=O) groups excluding carboxylic acids is 1. The number of hydrogen-bond donors (Lipinski definition) is 0. The van der Waals surface area contributed by atoms with Gasteiger partial charge in [-0.05, 0) is 0 Å². The van der Waals surface area contributed by atoms with Gasteiger partial charge in [-0.1, -0.05) is 0 Å². The summed E-state index contributed by atoms with van der Waals surface area (Å²) in [6.07, 6.45) is 14.7. The van der Waals surface area contributed by atoms with E-state index >= 15 is 0 Å². The Morgan fingerprint density at radius 2 is 1.54 bits per heavy atom. The number of allylic oxidation sites excluding steroid dienone is 2. The minimum atomic E-state index is -2.19. The second kappa shape index (κ2) is 12.5. The standard InChI is InChI=1S/C10H15O.3C4H9.Sn/c1-8-5-3-4-6-10(11)9(2)7-8;3*1-3-4-2;/h5,9H,2-4,6-7H2,1H3;3*1,3-4H2,2H3;/b8-5-;;;;. The van der Waals surface area contributed by atoms with Crippen LogP contribution in [0.1, 0.15) is 91.9 Å². The van der Waals surface area contributed by atoms with Crippen LogP contribution in [0.3, 0.4) is 0 Å². The van der Waals surface area contributed by atoms with Crippen LogP contribution < -0.4 is 0 Å². The van der Waals surface area contributed by atoms with Gasteiger partial charge in [0.15, 0.2) is 0 Å². The van der Waals surface area contributed by atoms with Gasteiger partial charge in [0.25, 0.3) is 0 Å². The number of Topliss-reactive ketones (excluding diaryl/α,β-unsaturated/α-hetero) is 1. The molecule has 0 spiro atoms. The van der Waals surface area contributed by atoms with Gasteiger partial charge in [0, 0.05) is 0 Å². The summed E-state index contributed by atoms with van der Waals surface area (Å²) < 4.78 is 5.98. The van der Waals surface area contributed by atoms with E-state index in [0.717, 1.165) is 25.7 Å². The Bertz CT molecular complexity index is 364. The molecule has 24 heavy (non-hydrogen) atoms. The van der Waals surface area contributed by atoms with Gasteiger partial charge in [-0.25, -0.2) is 0 Å². The molecule has 0 saturated carbocycles. The Kier molecular flexibility index (Phi) is 11.6. The van der Waals surface area contributed by atoms with Crippen molar-refractivity contribution in [3.05, 3.63) is 11.6 Å². The van der Waals surface area contributed by atoms with E-state index in [9.17, 15) is 4.79 Å². The van der Waals surface area contributed by atoms with Crippen LogP contribution in [0, 0.1) is 5.92 Å². The molecule has 1 nitrogen and oxygen atoms in total. The Balaban J connectivity index is 2.93. The van der Waals surface area contributed by atoms with Crippen LogP contribution in [-0.2, 0) is 4.79 Å². The second-order valence-electron chi connectivity index (χ2n) is 8.32. The minimum absolute atomic E-state index is 0.378. The second-order valence-corrected chi connectivity index (χ2v) is 22.3. The van der Waals surface area contributed by atoms with E-state index < -0.39 is 18.4 Å². The van der Waals surface area contributed by atoms with Crippen LogP contribution in [-0.4, -0.2) is 24.2 Å². The predicted molar refractivity (Wildman–Crippen MR) is 110 cm³/mol. The maximum absolute atomic E-state index is 12.8. The maximum atomic E-state index is 12.8. The van der Waals surface area contributed by atoms with Crippen molar-refractivity contribution in [1.82, 2.24) is 0 Å². The van der Waals surface area contributed by atoms with Crippen molar-refractivity contribution in [2.45, 2.75) is 110 Å². The molecule has 1 atom stereocenters. The predicted octanol–water partition coefficient (Wildman–Crippen LogP) is 7.54. The van der Waals surface area contributed by atoms with Crippen molar-refractivity contribution < 1.29 is 4.79 Å². The van der Waals surface area contributed by atoms with Crippen molar-refractivity contribution >= 4 is 24.2 Å². The molecule has 0 aromatic rings. The first-order valence-corrected chi connectivity index (χ1v) is 18.8. The summed E-state index contributed by atoms with van der Waals surface area (Å²) in [6.45, 7) is 9.27. The number of rotatable bonds is 11. The fourth-order valence-electron chi connectivity index (χ4n) is 4.46. The molecule has 0 aromatic heterocycles. The van der Waals surface area contributed by atoms with Crippen molar-refractivity contribution in [1.29, 1.82) is 0 Å². The average molecular weight is 441 g/mol. The van der Waals surface area contributed by atoms with Gasteiger partial charge < -0.3 is 0 Å². The van der Waals surface area contributed by atoms with E-state index in [4.69, 9.17) is 0 Å². The third-order valence-electron chi connectivity index (χ3n) is 6.01. The number of carbonyl (C=O) groups is 1. The van der Waals surface area contributed by atoms with Gasteiger partial charge in [-0.3, -0.25) is 0 Å². The van der Waals surface area contributed by atoms with Gasteiger partial charge in [-0.15, -0.1) is 0 Å². The SMILES string of the molecule is CCC[CH2][Sn]([CH2]CCC)([CH2]CCC)[CH2]C1C/C(C)=C\CCCC1=O. The molecule has 1 unspecified atom stereocenters. The zero-order valence-electron chi connectivity index (χ0n) is 17.0. The van der Waals surface area contributed by atoms with Crippen molar-refractivity contribution in [2.75, 3.05) is 0 Å². The fourth-order valence-corrected chi connectivity index (χ4v) is 21.8. The van der Waals surface area contributed by atoms with E-state index in [1.807, 2.05) is 0 Å². The van der Waals surface area contributed by atoms with Gasteiger partial charge in [0.1, 0.15) is 0 Å². The normalized spacial score (nSPS) is 21.9. The zero-order valence-corrected chi connectivity index (χ0v) is 19.8. The molecule has 0 radical (unpaired) electrons. The first-order valence-electron chi connectivity index (χ1n) is 10.7. The van der Waals surface area contributed by atoms with E-state index in [-0.39, 0.29) is 0 Å². The van der Waals surface area contributed by atoms with Crippen LogP contribution in [0.15, 0.2) is 11.6 Å². The number of unbranched alkanes of at least 4 members (excludes halogenated alkanes) is 3. The Morgan fingerprint density at radius 1 is 1.00 bits per heavy atom. The van der Waals surface area contributed by atoms with E-state index in [2.05, 4.69) is 33.8 Å². The van der Waals surface area contributed by atoms with Crippen LogP contribution in [0.25, 0.3) is 0 Å². The molecule has 2 heteroatoms. The van der Waals surface area contributed by atoms with Gasteiger partial charge in [-0.2, -0.15) is 0 Å². The Morgan fingerprint density at radius 3 is 2.04 bits per heavy atom. The molecule has 0 heterocycles. The van der Waals surface area contributed by atoms with Crippen LogP contribution in [0.2, 0.25) is 17.7 Å². The molecule has 0 bridgehead atoms. The molecular weight excluding hydrogens is 399 g/mol. The van der Waals surface area contributed by atoms with Crippen molar-refractivity contribution in [3.8, 4) is 0 Å². The van der Waals surface area contributed by atoms with Crippen LogP contribution >= 0.6 is 0 Å². The Hall–Kier alpha value is 0.209. The molecule has 0 aromatic carbocycles. The first-order chi connectivity index (χ1) is 11.6. The molecule has 1 rings (SSSR count). The van der Waals surface area contributed by atoms with Gasteiger partial charge in [0.05, 0.1) is 0 Å². The van der Waals surface area contributed by atoms with Gasteiger partial charge in [0.2, 0.25) is 0 Å². The summed E-state index contributed by atoms with van der Waals surface area (Å²) in [5.41, 5.74) is 1.48. The number of ketones is 1.